The van der Waals surface area contributed by atoms with Gasteiger partial charge in [0.1, 0.15) is 23.2 Å². The van der Waals surface area contributed by atoms with Crippen LogP contribution in [0.25, 0.3) is 11.2 Å². The molecule has 0 aliphatic carbocycles. The maximum absolute atomic E-state index is 12.7. The van der Waals surface area contributed by atoms with E-state index in [2.05, 4.69) is 33.1 Å². The van der Waals surface area contributed by atoms with E-state index in [9.17, 15) is 10.1 Å². The van der Waals surface area contributed by atoms with Gasteiger partial charge < -0.3 is 29.3 Å². The van der Waals surface area contributed by atoms with Crippen molar-refractivity contribution in [2.45, 2.75) is 103 Å². The fraction of sp³-hybridized carbons (Fsp3) is 0.647. The van der Waals surface area contributed by atoms with Crippen LogP contribution >= 0.6 is 0 Å². The largest absolute Gasteiger partial charge is 0.444 e. The number of fused-ring (bicyclic) bond motifs is 2. The molecule has 1 N–H and O–H groups in total. The number of nitrogens with zero attached hydrogens (tertiary/aromatic N) is 8. The van der Waals surface area contributed by atoms with Crippen LogP contribution in [0, 0.1) is 16.7 Å². The van der Waals surface area contributed by atoms with E-state index in [4.69, 9.17) is 29.3 Å². The van der Waals surface area contributed by atoms with Crippen molar-refractivity contribution in [3.05, 3.63) is 29.7 Å². The smallest absolute Gasteiger partial charge is 0.407 e. The number of carbonyl (C=O) groups is 1. The molecule has 7 heterocycles. The van der Waals surface area contributed by atoms with E-state index in [0.29, 0.717) is 24.6 Å². The minimum atomic E-state index is -0.566. The first kappa shape index (κ1) is 31.6. The monoisotopic (exact) mass is 643 g/mol. The first-order chi connectivity index (χ1) is 22.5. The first-order valence-corrected chi connectivity index (χ1v) is 17.0. The molecule has 4 atom stereocenters. The summed E-state index contributed by atoms with van der Waals surface area (Å²) < 4.78 is 19.8. The lowest BCUT2D eigenvalue weighted by atomic mass is 9.73. The number of piperidine rings is 1. The predicted molar refractivity (Wildman–Crippen MR) is 176 cm³/mol. The molecule has 1 spiro atoms. The Morgan fingerprint density at radius 1 is 1.11 bits per heavy atom. The number of hydrogen-bond donors (Lipinski definition) is 1. The number of pyridine rings is 1. The summed E-state index contributed by atoms with van der Waals surface area (Å²) >= 11 is 0. The Balaban J connectivity index is 1.17. The lowest BCUT2D eigenvalue weighted by Gasteiger charge is -2.42. The summed E-state index contributed by atoms with van der Waals surface area (Å²) in [6, 6.07) is 5.79. The highest BCUT2D eigenvalue weighted by Crippen LogP contribution is 2.44. The van der Waals surface area contributed by atoms with Gasteiger partial charge in [0, 0.05) is 37.6 Å². The van der Waals surface area contributed by atoms with E-state index < -0.39 is 11.7 Å². The SMILES string of the molecule is C[C@@H]1CCN(c2nn(C3CCCCO3)c3nc(N4CCC5(CC4)CO[C@@H](C)[C@H]5NC(=O)OC(C)(C)C)cnc23)c2ccc(C#N)nc21. The van der Waals surface area contributed by atoms with Crippen molar-refractivity contribution in [2.75, 3.05) is 42.6 Å². The molecule has 13 nitrogen and oxygen atoms in total. The number of nitrogens with one attached hydrogen (secondary N) is 1. The van der Waals surface area contributed by atoms with Gasteiger partial charge in [0.15, 0.2) is 23.2 Å². The normalized spacial score (nSPS) is 25.9. The van der Waals surface area contributed by atoms with Crippen molar-refractivity contribution >= 4 is 34.6 Å². The molecule has 0 saturated carbocycles. The van der Waals surface area contributed by atoms with Crippen LogP contribution in [0.15, 0.2) is 18.3 Å². The van der Waals surface area contributed by atoms with E-state index in [1.807, 2.05) is 44.6 Å². The molecule has 1 amide bonds. The molecule has 0 aromatic carbocycles. The van der Waals surface area contributed by atoms with Crippen molar-refractivity contribution in [2.24, 2.45) is 5.41 Å². The molecule has 0 radical (unpaired) electrons. The van der Waals surface area contributed by atoms with Crippen LogP contribution in [0.2, 0.25) is 0 Å². The second kappa shape index (κ2) is 12.2. The first-order valence-electron chi connectivity index (χ1n) is 17.0. The van der Waals surface area contributed by atoms with Gasteiger partial charge in [-0.3, -0.25) is 0 Å². The molecule has 250 valence electrons. The Morgan fingerprint density at radius 3 is 2.64 bits per heavy atom. The maximum atomic E-state index is 12.7. The van der Waals surface area contributed by atoms with Gasteiger partial charge in [0.2, 0.25) is 0 Å². The van der Waals surface area contributed by atoms with Crippen molar-refractivity contribution in [3.63, 3.8) is 0 Å². The molecule has 47 heavy (non-hydrogen) atoms. The van der Waals surface area contributed by atoms with E-state index in [1.165, 1.54) is 0 Å². The van der Waals surface area contributed by atoms with Gasteiger partial charge in [0.25, 0.3) is 0 Å². The summed E-state index contributed by atoms with van der Waals surface area (Å²) in [5, 5.41) is 17.7. The highest BCUT2D eigenvalue weighted by molar-refractivity contribution is 5.88. The zero-order valence-electron chi connectivity index (χ0n) is 28.0. The van der Waals surface area contributed by atoms with Crippen LogP contribution in [0.1, 0.15) is 96.7 Å². The molecule has 7 rings (SSSR count). The number of amides is 1. The maximum Gasteiger partial charge on any atom is 0.407 e. The quantitative estimate of drug-likeness (QED) is 0.394. The predicted octanol–water partition coefficient (Wildman–Crippen LogP) is 5.34. The van der Waals surface area contributed by atoms with Gasteiger partial charge in [-0.25, -0.2) is 24.4 Å². The standard InChI is InChI=1S/C34H45N9O4/c1-21-11-14-42(24-10-9-23(18-35)37-27(21)24)31-28-30(43(40-31)26-8-6-7-17-45-26)38-25(19-36-28)41-15-12-34(13-16-41)20-46-22(2)29(34)39-32(44)47-33(3,4)5/h9-10,19,21-22,26,29H,6-8,11-17,20H2,1-5H3,(H,39,44)/t21-,22+,26?,29-/m1/s1. The molecule has 0 bridgehead atoms. The van der Waals surface area contributed by atoms with Gasteiger partial charge in [-0.15, -0.1) is 5.10 Å². The van der Waals surface area contributed by atoms with Crippen LogP contribution in [-0.4, -0.2) is 81.4 Å². The summed E-state index contributed by atoms with van der Waals surface area (Å²) in [5.74, 6) is 1.77. The molecule has 4 aliphatic rings. The van der Waals surface area contributed by atoms with Crippen LogP contribution in [-0.2, 0) is 14.2 Å². The molecule has 4 aliphatic heterocycles. The molecule has 1 unspecified atom stereocenters. The number of aromatic nitrogens is 5. The average Bonchev–Trinajstić information content (AvgIpc) is 3.58. The number of nitriles is 1. The molecule has 3 fully saturated rings. The summed E-state index contributed by atoms with van der Waals surface area (Å²) in [4.78, 5) is 32.1. The second-order valence-corrected chi connectivity index (χ2v) is 14.5. The lowest BCUT2D eigenvalue weighted by molar-refractivity contribution is -0.0368. The van der Waals surface area contributed by atoms with Crippen LogP contribution in [0.3, 0.4) is 0 Å². The molecule has 3 aromatic rings. The minimum absolute atomic E-state index is 0.0990. The van der Waals surface area contributed by atoms with Crippen molar-refractivity contribution in [1.29, 1.82) is 5.26 Å². The molecular formula is C34H45N9O4. The zero-order valence-corrected chi connectivity index (χ0v) is 28.0. The van der Waals surface area contributed by atoms with Gasteiger partial charge in [-0.05, 0) is 78.4 Å². The van der Waals surface area contributed by atoms with E-state index in [0.717, 1.165) is 86.7 Å². The topological polar surface area (TPSA) is 144 Å². The summed E-state index contributed by atoms with van der Waals surface area (Å²) in [6.07, 6.45) is 6.66. The van der Waals surface area contributed by atoms with Crippen molar-refractivity contribution in [1.82, 2.24) is 30.0 Å². The van der Waals surface area contributed by atoms with E-state index in [1.54, 1.807) is 6.07 Å². The Morgan fingerprint density at radius 2 is 1.91 bits per heavy atom. The third kappa shape index (κ3) is 5.97. The number of rotatable bonds is 4. The minimum Gasteiger partial charge on any atom is -0.444 e. The summed E-state index contributed by atoms with van der Waals surface area (Å²) in [5.41, 5.74) is 2.96. The average molecular weight is 644 g/mol. The molecule has 3 aromatic heterocycles. The van der Waals surface area contributed by atoms with Gasteiger partial charge >= 0.3 is 6.09 Å². The fourth-order valence-corrected chi connectivity index (χ4v) is 7.58. The highest BCUT2D eigenvalue weighted by atomic mass is 16.6. The lowest BCUT2D eigenvalue weighted by Crippen LogP contribution is -2.55. The fourth-order valence-electron chi connectivity index (χ4n) is 7.58. The van der Waals surface area contributed by atoms with Crippen molar-refractivity contribution in [3.8, 4) is 6.07 Å². The third-order valence-electron chi connectivity index (χ3n) is 10.1. The number of alkyl carbamates (subject to hydrolysis) is 1. The Kier molecular flexibility index (Phi) is 8.20. The zero-order chi connectivity index (χ0) is 32.9. The Labute approximate surface area is 275 Å². The van der Waals surface area contributed by atoms with Crippen LogP contribution in [0.4, 0.5) is 22.1 Å². The number of carbonyl (C=O) groups excluding carboxylic acids is 1. The number of hydrogen-bond acceptors (Lipinski definition) is 11. The molecule has 13 heteroatoms. The third-order valence-corrected chi connectivity index (χ3v) is 10.1. The molecular weight excluding hydrogens is 598 g/mol. The van der Waals surface area contributed by atoms with E-state index in [-0.39, 0.29) is 29.7 Å². The summed E-state index contributed by atoms with van der Waals surface area (Å²) in [7, 11) is 0. The Bertz CT molecular complexity index is 1680. The van der Waals surface area contributed by atoms with Gasteiger partial charge in [-0.2, -0.15) is 5.26 Å². The van der Waals surface area contributed by atoms with Crippen LogP contribution < -0.4 is 15.1 Å². The Hall–Kier alpha value is -4.02. The number of anilines is 3. The van der Waals surface area contributed by atoms with Crippen LogP contribution in [0.5, 0.6) is 0 Å². The number of ether oxygens (including phenoxy) is 3. The van der Waals surface area contributed by atoms with Gasteiger partial charge in [0.05, 0.1) is 36.3 Å². The van der Waals surface area contributed by atoms with Crippen molar-refractivity contribution < 1.29 is 19.0 Å². The molecule has 3 saturated heterocycles. The van der Waals surface area contributed by atoms with E-state index >= 15 is 0 Å². The summed E-state index contributed by atoms with van der Waals surface area (Å²) in [6.45, 7) is 13.4. The van der Waals surface area contributed by atoms with Gasteiger partial charge in [-0.1, -0.05) is 6.92 Å². The second-order valence-electron chi connectivity index (χ2n) is 14.5. The highest BCUT2D eigenvalue weighted by Gasteiger charge is 2.50.